The molecule has 1 rings (SSSR count). The summed E-state index contributed by atoms with van der Waals surface area (Å²) in [6.45, 7) is 0. The van der Waals surface area contributed by atoms with Gasteiger partial charge in [0, 0.05) is 0 Å². The van der Waals surface area contributed by atoms with Gasteiger partial charge in [-0.05, 0) is 9.91 Å². The smallest absolute Gasteiger partial charge is 0.358 e. The molecule has 0 amide bonds. The Balaban J connectivity index is 3.01. The lowest BCUT2D eigenvalue weighted by molar-refractivity contribution is -0.389. The monoisotopic (exact) mass is 161 g/mol. The van der Waals surface area contributed by atoms with E-state index in [9.17, 15) is 10.1 Å². The van der Waals surface area contributed by atoms with Crippen LogP contribution in [0.1, 0.15) is 5.69 Å². The van der Waals surface area contributed by atoms with Crippen molar-refractivity contribution < 1.29 is 4.92 Å². The third-order valence-electron chi connectivity index (χ3n) is 1.00. The lowest BCUT2D eigenvalue weighted by Gasteiger charge is -1.88. The molecule has 0 aliphatic carbocycles. The first-order chi connectivity index (χ1) is 4.75. The van der Waals surface area contributed by atoms with Crippen LogP contribution < -0.4 is 0 Å². The molecule has 1 aromatic rings. The lowest BCUT2D eigenvalue weighted by Crippen LogP contribution is -1.91. The van der Waals surface area contributed by atoms with E-state index in [1.807, 2.05) is 0 Å². The Morgan fingerprint density at radius 2 is 2.60 bits per heavy atom. The third-order valence-corrected chi connectivity index (χ3v) is 1.27. The van der Waals surface area contributed by atoms with Crippen LogP contribution in [0.4, 0.5) is 5.82 Å². The highest BCUT2D eigenvalue weighted by molar-refractivity contribution is 6.17. The summed E-state index contributed by atoms with van der Waals surface area (Å²) in [4.78, 5) is 15.5. The van der Waals surface area contributed by atoms with Crippen molar-refractivity contribution in [1.82, 2.24) is 9.97 Å². The average molecular weight is 162 g/mol. The summed E-state index contributed by atoms with van der Waals surface area (Å²) < 4.78 is 0. The van der Waals surface area contributed by atoms with Crippen LogP contribution in [0.3, 0.4) is 0 Å². The quantitative estimate of drug-likeness (QED) is 0.400. The number of hydrogen-bond donors (Lipinski definition) is 1. The molecule has 1 aromatic heterocycles. The normalized spacial score (nSPS) is 9.70. The molecule has 5 nitrogen and oxygen atoms in total. The molecular formula is C4H4ClN3O2. The van der Waals surface area contributed by atoms with E-state index in [2.05, 4.69) is 9.97 Å². The van der Waals surface area contributed by atoms with E-state index >= 15 is 0 Å². The first-order valence-corrected chi connectivity index (χ1v) is 3.01. The van der Waals surface area contributed by atoms with Gasteiger partial charge in [-0.25, -0.2) is 0 Å². The molecule has 0 bridgehead atoms. The number of halogens is 1. The van der Waals surface area contributed by atoms with Crippen LogP contribution >= 0.6 is 11.6 Å². The van der Waals surface area contributed by atoms with Crippen molar-refractivity contribution in [2.45, 2.75) is 5.88 Å². The SMILES string of the molecule is O=[N+]([O-])c1nc[nH]c1CCl. The highest BCUT2D eigenvalue weighted by Gasteiger charge is 2.14. The van der Waals surface area contributed by atoms with Crippen molar-refractivity contribution in [3.8, 4) is 0 Å². The molecule has 1 N–H and O–H groups in total. The van der Waals surface area contributed by atoms with Gasteiger partial charge >= 0.3 is 5.82 Å². The molecule has 0 saturated heterocycles. The van der Waals surface area contributed by atoms with Gasteiger partial charge < -0.3 is 15.1 Å². The molecule has 0 saturated carbocycles. The zero-order valence-electron chi connectivity index (χ0n) is 4.87. The van der Waals surface area contributed by atoms with Crippen molar-refractivity contribution >= 4 is 17.4 Å². The Morgan fingerprint density at radius 3 is 3.00 bits per heavy atom. The van der Waals surface area contributed by atoms with Crippen LogP contribution in [-0.4, -0.2) is 14.9 Å². The number of rotatable bonds is 2. The maximum Gasteiger partial charge on any atom is 0.385 e. The topological polar surface area (TPSA) is 71.8 Å². The van der Waals surface area contributed by atoms with E-state index in [4.69, 9.17) is 11.6 Å². The molecule has 0 spiro atoms. The minimum absolute atomic E-state index is 0.0797. The van der Waals surface area contributed by atoms with Crippen molar-refractivity contribution in [3.63, 3.8) is 0 Å². The van der Waals surface area contributed by atoms with Gasteiger partial charge in [0.05, 0.1) is 5.88 Å². The number of H-pyrrole nitrogens is 1. The Labute approximate surface area is 61.2 Å². The summed E-state index contributed by atoms with van der Waals surface area (Å²) in [5, 5.41) is 10.1. The van der Waals surface area contributed by atoms with Gasteiger partial charge in [-0.3, -0.25) is 0 Å². The number of imidazole rings is 1. The van der Waals surface area contributed by atoms with Crippen LogP contribution in [0.15, 0.2) is 6.33 Å². The third kappa shape index (κ3) is 1.08. The number of aromatic nitrogens is 2. The molecule has 0 aliphatic rings. The maximum absolute atomic E-state index is 10.1. The Morgan fingerprint density at radius 1 is 1.90 bits per heavy atom. The lowest BCUT2D eigenvalue weighted by atomic mass is 10.5. The average Bonchev–Trinajstić information content (AvgIpc) is 2.33. The van der Waals surface area contributed by atoms with Gasteiger partial charge in [-0.1, -0.05) is 0 Å². The van der Waals surface area contributed by atoms with E-state index in [0.29, 0.717) is 5.69 Å². The number of nitrogens with zero attached hydrogens (tertiary/aromatic N) is 2. The second-order valence-corrected chi connectivity index (χ2v) is 1.86. The van der Waals surface area contributed by atoms with Crippen LogP contribution in [0.2, 0.25) is 0 Å². The summed E-state index contributed by atoms with van der Waals surface area (Å²) in [6.07, 6.45) is 1.25. The molecule has 0 fully saturated rings. The van der Waals surface area contributed by atoms with Crippen LogP contribution in [0.5, 0.6) is 0 Å². The standard InChI is InChI=1S/C4H4ClN3O2/c5-1-3-4(8(9)10)7-2-6-3/h2H,1H2,(H,6,7). The number of nitro groups is 1. The van der Waals surface area contributed by atoms with Crippen LogP contribution in [0, 0.1) is 10.1 Å². The molecule has 6 heteroatoms. The molecule has 0 aromatic carbocycles. The first kappa shape index (κ1) is 7.01. The molecule has 54 valence electrons. The van der Waals surface area contributed by atoms with E-state index in [0.717, 1.165) is 0 Å². The summed E-state index contributed by atoms with van der Waals surface area (Å²) in [7, 11) is 0. The van der Waals surface area contributed by atoms with Gasteiger partial charge in [-0.15, -0.1) is 11.6 Å². The second-order valence-electron chi connectivity index (χ2n) is 1.60. The molecule has 1 heterocycles. The van der Waals surface area contributed by atoms with Gasteiger partial charge in [-0.2, -0.15) is 0 Å². The fourth-order valence-electron chi connectivity index (χ4n) is 0.569. The van der Waals surface area contributed by atoms with Crippen molar-refractivity contribution in [3.05, 3.63) is 22.1 Å². The molecular weight excluding hydrogens is 158 g/mol. The predicted octanol–water partition coefficient (Wildman–Crippen LogP) is 1.06. The van der Waals surface area contributed by atoms with E-state index in [-0.39, 0.29) is 11.7 Å². The molecule has 0 aliphatic heterocycles. The molecule has 10 heavy (non-hydrogen) atoms. The van der Waals surface area contributed by atoms with E-state index in [1.165, 1.54) is 6.33 Å². The molecule has 0 unspecified atom stereocenters. The number of alkyl halides is 1. The Bertz CT molecular complexity index is 246. The first-order valence-electron chi connectivity index (χ1n) is 2.48. The highest BCUT2D eigenvalue weighted by atomic mass is 35.5. The number of hydrogen-bond acceptors (Lipinski definition) is 3. The van der Waals surface area contributed by atoms with Crippen molar-refractivity contribution in [1.29, 1.82) is 0 Å². The summed E-state index contributed by atoms with van der Waals surface area (Å²) in [5.74, 6) is -0.119. The van der Waals surface area contributed by atoms with E-state index in [1.54, 1.807) is 0 Å². The zero-order valence-corrected chi connectivity index (χ0v) is 5.63. The summed E-state index contributed by atoms with van der Waals surface area (Å²) >= 11 is 5.34. The zero-order chi connectivity index (χ0) is 7.56. The highest BCUT2D eigenvalue weighted by Crippen LogP contribution is 2.13. The number of nitrogens with one attached hydrogen (secondary N) is 1. The van der Waals surface area contributed by atoms with E-state index < -0.39 is 4.92 Å². The van der Waals surface area contributed by atoms with Crippen LogP contribution in [0.25, 0.3) is 0 Å². The van der Waals surface area contributed by atoms with Crippen molar-refractivity contribution in [2.24, 2.45) is 0 Å². The predicted molar refractivity (Wildman–Crippen MR) is 34.8 cm³/mol. The summed E-state index contributed by atoms with van der Waals surface area (Å²) in [6, 6.07) is 0. The Hall–Kier alpha value is -1.10. The number of aromatic amines is 1. The fourth-order valence-corrected chi connectivity index (χ4v) is 0.766. The van der Waals surface area contributed by atoms with Gasteiger partial charge in [0.1, 0.15) is 5.69 Å². The summed E-state index contributed by atoms with van der Waals surface area (Å²) in [5.41, 5.74) is 0.340. The maximum atomic E-state index is 10.1. The van der Waals surface area contributed by atoms with Gasteiger partial charge in [0.2, 0.25) is 6.33 Å². The van der Waals surface area contributed by atoms with Crippen LogP contribution in [-0.2, 0) is 5.88 Å². The minimum atomic E-state index is -0.575. The molecule has 0 atom stereocenters. The van der Waals surface area contributed by atoms with Gasteiger partial charge in [0.25, 0.3) is 0 Å². The van der Waals surface area contributed by atoms with Crippen molar-refractivity contribution in [2.75, 3.05) is 0 Å². The van der Waals surface area contributed by atoms with Gasteiger partial charge in [0.15, 0.2) is 0 Å². The second kappa shape index (κ2) is 2.66. The minimum Gasteiger partial charge on any atom is -0.358 e. The Kier molecular flexibility index (Phi) is 1.86. The fraction of sp³-hybridized carbons (Fsp3) is 0.250. The largest absolute Gasteiger partial charge is 0.385 e. The molecule has 0 radical (unpaired) electrons.